The molecule has 1 N–H and O–H groups in total. The van der Waals surface area contributed by atoms with Crippen LogP contribution in [0.5, 0.6) is 0 Å². The van der Waals surface area contributed by atoms with Crippen LogP contribution in [0.4, 0.5) is 0 Å². The van der Waals surface area contributed by atoms with Gasteiger partial charge in [-0.25, -0.2) is 0 Å². The maximum Gasteiger partial charge on any atom is 0.0456 e. The lowest BCUT2D eigenvalue weighted by molar-refractivity contribution is 0.936. The molecule has 2 aromatic rings. The number of aromatic amines is 1. The fourth-order valence-corrected chi connectivity index (χ4v) is 2.23. The fourth-order valence-electron chi connectivity index (χ4n) is 2.23. The number of hydrogen-bond donors (Lipinski definition) is 1. The summed E-state index contributed by atoms with van der Waals surface area (Å²) in [6.45, 7) is 6.52. The Kier molecular flexibility index (Phi) is 4.62. The minimum absolute atomic E-state index is 1.08. The minimum Gasteiger partial charge on any atom is -0.361 e. The van der Waals surface area contributed by atoms with Crippen LogP contribution in [0.1, 0.15) is 39.2 Å². The second kappa shape index (κ2) is 6.42. The Balaban J connectivity index is 1.99. The van der Waals surface area contributed by atoms with E-state index in [0.717, 1.165) is 19.3 Å². The molecule has 2 rings (SSSR count). The Bertz CT molecular complexity index is 599. The van der Waals surface area contributed by atoms with E-state index in [9.17, 15) is 0 Å². The number of hydrogen-bond acceptors (Lipinski definition) is 0. The first-order valence-corrected chi connectivity index (χ1v) is 7.03. The molecule has 0 bridgehead atoms. The van der Waals surface area contributed by atoms with Gasteiger partial charge in [0.15, 0.2) is 0 Å². The summed E-state index contributed by atoms with van der Waals surface area (Å²) in [7, 11) is 0. The van der Waals surface area contributed by atoms with Gasteiger partial charge in [0.05, 0.1) is 0 Å². The molecule has 1 heterocycles. The number of aromatic nitrogens is 1. The Labute approximate surface area is 116 Å². The van der Waals surface area contributed by atoms with Crippen LogP contribution in [0.2, 0.25) is 0 Å². The number of para-hydroxylation sites is 1. The van der Waals surface area contributed by atoms with Gasteiger partial charge < -0.3 is 4.98 Å². The van der Waals surface area contributed by atoms with Gasteiger partial charge in [-0.05, 0) is 51.7 Å². The second-order valence-corrected chi connectivity index (χ2v) is 5.25. The highest BCUT2D eigenvalue weighted by molar-refractivity contribution is 5.83. The van der Waals surface area contributed by atoms with E-state index >= 15 is 0 Å². The van der Waals surface area contributed by atoms with Crippen LogP contribution in [0.25, 0.3) is 10.9 Å². The quantitative estimate of drug-likeness (QED) is 0.686. The average molecular weight is 253 g/mol. The predicted octanol–water partition coefficient (Wildman–Crippen LogP) is 5.40. The van der Waals surface area contributed by atoms with Gasteiger partial charge in [0.2, 0.25) is 0 Å². The molecule has 0 aliphatic carbocycles. The van der Waals surface area contributed by atoms with E-state index < -0.39 is 0 Å². The molecule has 0 fully saturated rings. The monoisotopic (exact) mass is 253 g/mol. The summed E-state index contributed by atoms with van der Waals surface area (Å²) in [5.41, 5.74) is 5.58. The Hall–Kier alpha value is -1.76. The third-order valence-corrected chi connectivity index (χ3v) is 3.73. The van der Waals surface area contributed by atoms with Crippen molar-refractivity contribution in [3.05, 3.63) is 59.3 Å². The lowest BCUT2D eigenvalue weighted by Crippen LogP contribution is -1.86. The van der Waals surface area contributed by atoms with Crippen molar-refractivity contribution in [3.63, 3.8) is 0 Å². The van der Waals surface area contributed by atoms with Gasteiger partial charge in [-0.3, -0.25) is 0 Å². The lowest BCUT2D eigenvalue weighted by Gasteiger charge is -2.02. The van der Waals surface area contributed by atoms with Crippen molar-refractivity contribution in [2.45, 2.75) is 40.0 Å². The van der Waals surface area contributed by atoms with E-state index in [-0.39, 0.29) is 0 Å². The molecule has 1 nitrogen and oxygen atoms in total. The molecule has 0 spiro atoms. The molecule has 0 aliphatic heterocycles. The Morgan fingerprint density at radius 1 is 1.16 bits per heavy atom. The smallest absolute Gasteiger partial charge is 0.0456 e. The van der Waals surface area contributed by atoms with Crippen LogP contribution in [-0.4, -0.2) is 4.98 Å². The zero-order chi connectivity index (χ0) is 13.7. The van der Waals surface area contributed by atoms with Crippen molar-refractivity contribution in [3.8, 4) is 0 Å². The van der Waals surface area contributed by atoms with Crippen molar-refractivity contribution in [1.82, 2.24) is 4.98 Å². The summed E-state index contributed by atoms with van der Waals surface area (Å²) in [6, 6.07) is 8.52. The summed E-state index contributed by atoms with van der Waals surface area (Å²) >= 11 is 0. The van der Waals surface area contributed by atoms with Crippen LogP contribution < -0.4 is 0 Å². The first kappa shape index (κ1) is 13.7. The highest BCUT2D eigenvalue weighted by atomic mass is 14.7. The van der Waals surface area contributed by atoms with E-state index in [0.29, 0.717) is 0 Å². The molecule has 19 heavy (non-hydrogen) atoms. The molecule has 0 atom stereocenters. The van der Waals surface area contributed by atoms with E-state index in [1.54, 1.807) is 0 Å². The number of allylic oxidation sites excluding steroid dienone is 4. The van der Waals surface area contributed by atoms with Crippen molar-refractivity contribution in [1.29, 1.82) is 0 Å². The van der Waals surface area contributed by atoms with Crippen LogP contribution in [0.15, 0.2) is 53.8 Å². The van der Waals surface area contributed by atoms with Gasteiger partial charge in [-0.15, -0.1) is 0 Å². The van der Waals surface area contributed by atoms with Gasteiger partial charge in [-0.2, -0.15) is 0 Å². The average Bonchev–Trinajstić information content (AvgIpc) is 2.85. The number of fused-ring (bicyclic) bond motifs is 1. The molecule has 0 aliphatic rings. The molecule has 1 aromatic carbocycles. The summed E-state index contributed by atoms with van der Waals surface area (Å²) in [6.07, 6.45) is 10.0. The molecular formula is C18H23N. The highest BCUT2D eigenvalue weighted by Crippen LogP contribution is 2.20. The molecule has 0 unspecified atom stereocenters. The highest BCUT2D eigenvalue weighted by Gasteiger charge is 2.02. The maximum atomic E-state index is 3.34. The second-order valence-electron chi connectivity index (χ2n) is 5.25. The van der Waals surface area contributed by atoms with E-state index in [4.69, 9.17) is 0 Å². The molecule has 0 radical (unpaired) electrons. The van der Waals surface area contributed by atoms with Crippen molar-refractivity contribution < 1.29 is 0 Å². The van der Waals surface area contributed by atoms with Crippen LogP contribution in [0.3, 0.4) is 0 Å². The van der Waals surface area contributed by atoms with Gasteiger partial charge in [0, 0.05) is 17.1 Å². The molecule has 0 amide bonds. The first-order chi connectivity index (χ1) is 9.20. The number of nitrogens with one attached hydrogen (secondary N) is 1. The zero-order valence-corrected chi connectivity index (χ0v) is 12.2. The topological polar surface area (TPSA) is 15.8 Å². The lowest BCUT2D eigenvalue weighted by atomic mass is 10.0. The van der Waals surface area contributed by atoms with Crippen LogP contribution >= 0.6 is 0 Å². The number of benzene rings is 1. The standard InChI is InChI=1S/C18H23N/c1-4-14(2)9-10-15(3)11-12-16-13-19-18-8-6-5-7-17(16)18/h4-8,10,13,19H,9,11-12H2,1-3H3/b14-4+,15-10+. The van der Waals surface area contributed by atoms with Crippen molar-refractivity contribution in [2.75, 3.05) is 0 Å². The molecule has 1 aromatic heterocycles. The molecule has 1 heteroatoms. The summed E-state index contributed by atoms with van der Waals surface area (Å²) < 4.78 is 0. The molecular weight excluding hydrogens is 230 g/mol. The summed E-state index contributed by atoms with van der Waals surface area (Å²) in [5, 5.41) is 1.36. The SMILES string of the molecule is C/C=C(\C)C/C=C(\C)CCc1c[nH]c2ccccc12. The zero-order valence-electron chi connectivity index (χ0n) is 12.2. The summed E-state index contributed by atoms with van der Waals surface area (Å²) in [4.78, 5) is 3.34. The van der Waals surface area contributed by atoms with Crippen molar-refractivity contribution in [2.24, 2.45) is 0 Å². The predicted molar refractivity (Wildman–Crippen MR) is 84.4 cm³/mol. The third-order valence-electron chi connectivity index (χ3n) is 3.73. The van der Waals surface area contributed by atoms with E-state index in [1.807, 2.05) is 0 Å². The van der Waals surface area contributed by atoms with Crippen LogP contribution in [-0.2, 0) is 6.42 Å². The molecule has 100 valence electrons. The summed E-state index contributed by atoms with van der Waals surface area (Å²) in [5.74, 6) is 0. The number of rotatable bonds is 5. The van der Waals surface area contributed by atoms with Gasteiger partial charge in [0.1, 0.15) is 0 Å². The van der Waals surface area contributed by atoms with E-state index in [1.165, 1.54) is 27.6 Å². The number of H-pyrrole nitrogens is 1. The Morgan fingerprint density at radius 3 is 2.74 bits per heavy atom. The first-order valence-electron chi connectivity index (χ1n) is 7.03. The molecule has 0 saturated heterocycles. The van der Waals surface area contributed by atoms with Crippen molar-refractivity contribution >= 4 is 10.9 Å². The Morgan fingerprint density at radius 2 is 1.95 bits per heavy atom. The minimum atomic E-state index is 1.08. The van der Waals surface area contributed by atoms with Gasteiger partial charge in [-0.1, -0.05) is 41.5 Å². The van der Waals surface area contributed by atoms with Crippen LogP contribution in [0, 0.1) is 0 Å². The fraction of sp³-hybridized carbons (Fsp3) is 0.333. The van der Waals surface area contributed by atoms with E-state index in [2.05, 4.69) is 68.4 Å². The van der Waals surface area contributed by atoms with Gasteiger partial charge in [0.25, 0.3) is 0 Å². The number of aryl methyl sites for hydroxylation is 1. The third kappa shape index (κ3) is 3.60. The normalized spacial score (nSPS) is 13.2. The van der Waals surface area contributed by atoms with Gasteiger partial charge >= 0.3 is 0 Å². The maximum absolute atomic E-state index is 3.34. The largest absolute Gasteiger partial charge is 0.361 e. The molecule has 0 saturated carbocycles.